The molecule has 1 aliphatic heterocycles. The molecule has 1 saturated heterocycles. The summed E-state index contributed by atoms with van der Waals surface area (Å²) in [5, 5.41) is 9.58. The maximum Gasteiger partial charge on any atom is 0.307 e. The van der Waals surface area contributed by atoms with Gasteiger partial charge in [-0.15, -0.1) is 0 Å². The van der Waals surface area contributed by atoms with Crippen LogP contribution in [0.15, 0.2) is 97.1 Å². The monoisotopic (exact) mass is 579 g/mol. The van der Waals surface area contributed by atoms with Crippen molar-refractivity contribution in [1.29, 1.82) is 0 Å². The number of carbonyl (C=O) groups is 2. The predicted octanol–water partition coefficient (Wildman–Crippen LogP) is 6.29. The molecule has 0 aliphatic carbocycles. The van der Waals surface area contributed by atoms with Crippen LogP contribution in [0.5, 0.6) is 11.5 Å². The molecular weight excluding hydrogens is 542 g/mol. The van der Waals surface area contributed by atoms with Crippen LogP contribution in [0.1, 0.15) is 39.9 Å². The van der Waals surface area contributed by atoms with Gasteiger partial charge in [0.15, 0.2) is 0 Å². The van der Waals surface area contributed by atoms with E-state index in [4.69, 9.17) is 14.2 Å². The van der Waals surface area contributed by atoms with Crippen molar-refractivity contribution in [3.05, 3.63) is 119 Å². The zero-order valence-electron chi connectivity index (χ0n) is 24.6. The molecule has 0 amide bonds. The van der Waals surface area contributed by atoms with E-state index in [0.29, 0.717) is 31.7 Å². The van der Waals surface area contributed by atoms with Gasteiger partial charge in [-0.05, 0) is 71.5 Å². The van der Waals surface area contributed by atoms with Crippen molar-refractivity contribution in [2.75, 3.05) is 40.5 Å². The minimum atomic E-state index is -0.972. The van der Waals surface area contributed by atoms with E-state index in [1.807, 2.05) is 72.8 Å². The van der Waals surface area contributed by atoms with E-state index in [1.165, 1.54) is 0 Å². The molecule has 1 atom stereocenters. The Morgan fingerprint density at radius 2 is 1.30 bits per heavy atom. The number of methoxy groups -OCH3 is 2. The Hall–Kier alpha value is -4.46. The third kappa shape index (κ3) is 6.63. The number of nitrogens with zero attached hydrogens (tertiary/aromatic N) is 1. The highest BCUT2D eigenvalue weighted by Crippen LogP contribution is 2.42. The van der Waals surface area contributed by atoms with Gasteiger partial charge in [0.1, 0.15) is 23.4 Å². The highest BCUT2D eigenvalue weighted by molar-refractivity contribution is 5.77. The first-order valence-electron chi connectivity index (χ1n) is 14.5. The fourth-order valence-electron chi connectivity index (χ4n) is 5.84. The predicted molar refractivity (Wildman–Crippen MR) is 166 cm³/mol. The van der Waals surface area contributed by atoms with Crippen LogP contribution in [-0.2, 0) is 15.1 Å². The number of rotatable bonds is 12. The Balaban J connectivity index is 1.55. The van der Waals surface area contributed by atoms with Gasteiger partial charge in [0.25, 0.3) is 0 Å². The van der Waals surface area contributed by atoms with E-state index >= 15 is 0 Å². The summed E-state index contributed by atoms with van der Waals surface area (Å²) in [5.74, 6) is 0.399. The number of aliphatic carboxylic acids is 1. The summed E-state index contributed by atoms with van der Waals surface area (Å²) in [6.07, 6.45) is 2.40. The van der Waals surface area contributed by atoms with Crippen LogP contribution in [0.4, 0.5) is 0 Å². The Kier molecular flexibility index (Phi) is 9.55. The largest absolute Gasteiger partial charge is 0.497 e. The van der Waals surface area contributed by atoms with Crippen molar-refractivity contribution in [3.8, 4) is 22.6 Å². The second kappa shape index (κ2) is 13.7. The van der Waals surface area contributed by atoms with Gasteiger partial charge in [0.05, 0.1) is 26.7 Å². The van der Waals surface area contributed by atoms with Crippen molar-refractivity contribution < 1.29 is 28.9 Å². The van der Waals surface area contributed by atoms with Gasteiger partial charge in [-0.25, -0.2) is 0 Å². The minimum Gasteiger partial charge on any atom is -0.497 e. The van der Waals surface area contributed by atoms with Crippen molar-refractivity contribution >= 4 is 12.3 Å². The number of benzene rings is 4. The van der Waals surface area contributed by atoms with Gasteiger partial charge in [-0.1, -0.05) is 72.8 Å². The molecule has 0 spiro atoms. The van der Waals surface area contributed by atoms with Crippen LogP contribution in [0.25, 0.3) is 11.1 Å². The number of carboxylic acids is 1. The molecule has 0 saturated carbocycles. The Morgan fingerprint density at radius 3 is 1.77 bits per heavy atom. The van der Waals surface area contributed by atoms with Gasteiger partial charge in [0.2, 0.25) is 0 Å². The van der Waals surface area contributed by atoms with E-state index in [0.717, 1.165) is 58.6 Å². The maximum absolute atomic E-state index is 11.7. The molecule has 0 radical (unpaired) electrons. The highest BCUT2D eigenvalue weighted by Gasteiger charge is 2.38. The number of piperidine rings is 1. The number of hydrogen-bond donors (Lipinski definition) is 1. The minimum absolute atomic E-state index is 0.352. The van der Waals surface area contributed by atoms with Gasteiger partial charge in [-0.3, -0.25) is 9.59 Å². The number of ether oxygens (including phenoxy) is 3. The van der Waals surface area contributed by atoms with E-state index in [-0.39, 0.29) is 5.92 Å². The summed E-state index contributed by atoms with van der Waals surface area (Å²) < 4.78 is 17.9. The van der Waals surface area contributed by atoms with Crippen LogP contribution in [0.2, 0.25) is 0 Å². The summed E-state index contributed by atoms with van der Waals surface area (Å²) >= 11 is 0. The third-order valence-electron chi connectivity index (χ3n) is 8.25. The summed E-state index contributed by atoms with van der Waals surface area (Å²) in [4.78, 5) is 25.0. The van der Waals surface area contributed by atoms with E-state index in [1.54, 1.807) is 14.2 Å². The molecule has 4 aromatic carbocycles. The van der Waals surface area contributed by atoms with Crippen molar-refractivity contribution in [2.45, 2.75) is 18.4 Å². The average Bonchev–Trinajstić information content (AvgIpc) is 3.07. The topological polar surface area (TPSA) is 85.3 Å². The van der Waals surface area contributed by atoms with Crippen LogP contribution in [-0.4, -0.2) is 62.7 Å². The molecule has 7 nitrogen and oxygen atoms in total. The summed E-state index contributed by atoms with van der Waals surface area (Å²) in [6, 6.07) is 31.6. The van der Waals surface area contributed by atoms with Gasteiger partial charge in [0, 0.05) is 18.7 Å². The quantitative estimate of drug-likeness (QED) is 0.156. The zero-order valence-corrected chi connectivity index (χ0v) is 24.6. The Morgan fingerprint density at radius 1 is 0.814 bits per heavy atom. The molecule has 222 valence electrons. The number of aldehydes is 1. The molecule has 5 rings (SSSR count). The fourth-order valence-corrected chi connectivity index (χ4v) is 5.84. The third-order valence-corrected chi connectivity index (χ3v) is 8.25. The molecule has 0 aromatic heterocycles. The molecule has 1 aliphatic rings. The lowest BCUT2D eigenvalue weighted by molar-refractivity contribution is -0.143. The molecule has 0 bridgehead atoms. The second-order valence-corrected chi connectivity index (χ2v) is 10.8. The van der Waals surface area contributed by atoms with E-state index in [9.17, 15) is 14.7 Å². The normalized spacial score (nSPS) is 15.5. The lowest BCUT2D eigenvalue weighted by Gasteiger charge is -2.37. The molecule has 4 aromatic rings. The molecular formula is C36H37NO6. The standard InChI is InChI=1S/C36H37NO6/c1-41-33-17-13-31(14-18-33)36(32-15-19-34(42-2)20-16-32,43-23-22-37-21-3-4-29(24-37)35(39)40)30-11-9-28(10-12-30)27-7-5-26(25-38)6-8-27/h5-20,25,29H,3-4,21-24H2,1-2H3,(H,39,40)/t29-/m0/s1. The zero-order chi connectivity index (χ0) is 30.2. The van der Waals surface area contributed by atoms with Gasteiger partial charge in [-0.2, -0.15) is 0 Å². The molecule has 7 heteroatoms. The number of likely N-dealkylation sites (tertiary alicyclic amines) is 1. The molecule has 1 fully saturated rings. The molecule has 1 heterocycles. The Labute approximate surface area is 252 Å². The average molecular weight is 580 g/mol. The van der Waals surface area contributed by atoms with Gasteiger partial charge >= 0.3 is 5.97 Å². The van der Waals surface area contributed by atoms with Crippen LogP contribution in [0.3, 0.4) is 0 Å². The SMILES string of the molecule is COc1ccc(C(OCCN2CCC[C@H](C(=O)O)C2)(c2ccc(OC)cc2)c2ccc(-c3ccc(C=O)cc3)cc2)cc1. The molecule has 43 heavy (non-hydrogen) atoms. The van der Waals surface area contributed by atoms with Crippen molar-refractivity contribution in [3.63, 3.8) is 0 Å². The number of hydrogen-bond acceptors (Lipinski definition) is 6. The second-order valence-electron chi connectivity index (χ2n) is 10.8. The summed E-state index contributed by atoms with van der Waals surface area (Å²) in [6.45, 7) is 2.37. The first kappa shape index (κ1) is 30.0. The smallest absolute Gasteiger partial charge is 0.307 e. The Bertz CT molecular complexity index is 1450. The highest BCUT2D eigenvalue weighted by atomic mass is 16.5. The summed E-state index contributed by atoms with van der Waals surface area (Å²) in [5.41, 5.74) is 4.50. The van der Waals surface area contributed by atoms with Crippen LogP contribution < -0.4 is 9.47 Å². The number of carbonyl (C=O) groups excluding carboxylic acids is 1. The molecule has 1 N–H and O–H groups in total. The van der Waals surface area contributed by atoms with Crippen molar-refractivity contribution in [1.82, 2.24) is 4.90 Å². The lowest BCUT2D eigenvalue weighted by atomic mass is 9.79. The lowest BCUT2D eigenvalue weighted by Crippen LogP contribution is -2.42. The number of carboxylic acid groups (broad SMARTS) is 1. The van der Waals surface area contributed by atoms with E-state index < -0.39 is 11.6 Å². The fraction of sp³-hybridized carbons (Fsp3) is 0.278. The van der Waals surface area contributed by atoms with Crippen LogP contribution in [0, 0.1) is 5.92 Å². The van der Waals surface area contributed by atoms with Crippen molar-refractivity contribution in [2.24, 2.45) is 5.92 Å². The van der Waals surface area contributed by atoms with Gasteiger partial charge < -0.3 is 24.2 Å². The summed E-state index contributed by atoms with van der Waals surface area (Å²) in [7, 11) is 3.29. The molecule has 0 unspecified atom stereocenters. The first-order valence-corrected chi connectivity index (χ1v) is 14.5. The maximum atomic E-state index is 11.7. The van der Waals surface area contributed by atoms with E-state index in [2.05, 4.69) is 29.2 Å². The first-order chi connectivity index (χ1) is 21.0. The van der Waals surface area contributed by atoms with Crippen LogP contribution >= 0.6 is 0 Å².